The first-order valence-electron chi connectivity index (χ1n) is 14.1. The predicted molar refractivity (Wildman–Crippen MR) is 177 cm³/mol. The van der Waals surface area contributed by atoms with Crippen LogP contribution in [0, 0.1) is 28.6 Å². The Morgan fingerprint density at radius 1 is 1.12 bits per heavy atom. The SMILES string of the molecule is C=CN(c1cc(C#CC(C)(C)C)sc1C=O)C1CCN(C2CCSC2)C1.C=CO.C=N.CC1CCCCC1.CO. The van der Waals surface area contributed by atoms with Crippen molar-refractivity contribution < 1.29 is 15.0 Å². The normalized spacial score (nSPS) is 20.2. The number of carbonyl (C=O) groups is 1. The molecule has 226 valence electrons. The summed E-state index contributed by atoms with van der Waals surface area (Å²) >= 11 is 3.54. The molecule has 40 heavy (non-hydrogen) atoms. The molecule has 4 rings (SSSR count). The van der Waals surface area contributed by atoms with E-state index < -0.39 is 0 Å². The summed E-state index contributed by atoms with van der Waals surface area (Å²) < 4.78 is 0. The molecule has 1 aliphatic carbocycles. The number of thioether (sulfide) groups is 1. The third kappa shape index (κ3) is 14.0. The lowest BCUT2D eigenvalue weighted by Crippen LogP contribution is -2.38. The zero-order chi connectivity index (χ0) is 30.6. The van der Waals surface area contributed by atoms with E-state index >= 15 is 0 Å². The fourth-order valence-electron chi connectivity index (χ4n) is 4.88. The van der Waals surface area contributed by atoms with Crippen LogP contribution in [0.1, 0.15) is 87.2 Å². The quantitative estimate of drug-likeness (QED) is 0.141. The highest BCUT2D eigenvalue weighted by atomic mass is 32.2. The highest BCUT2D eigenvalue weighted by Crippen LogP contribution is 2.34. The molecular formula is C32H53N3O3S2. The minimum Gasteiger partial charge on any atom is -0.516 e. The van der Waals surface area contributed by atoms with Crippen LogP contribution < -0.4 is 4.90 Å². The van der Waals surface area contributed by atoms with E-state index in [0.717, 1.165) is 66.6 Å². The Labute approximate surface area is 252 Å². The van der Waals surface area contributed by atoms with Crippen molar-refractivity contribution in [3.8, 4) is 11.8 Å². The highest BCUT2D eigenvalue weighted by Gasteiger charge is 2.33. The second-order valence-electron chi connectivity index (χ2n) is 10.9. The number of rotatable bonds is 5. The van der Waals surface area contributed by atoms with Crippen molar-refractivity contribution in [3.63, 3.8) is 0 Å². The number of nitrogens with zero attached hydrogens (tertiary/aromatic N) is 2. The Balaban J connectivity index is 0.000000904. The van der Waals surface area contributed by atoms with Crippen LogP contribution in [0.3, 0.4) is 0 Å². The Hall–Kier alpha value is -2.05. The third-order valence-electron chi connectivity index (χ3n) is 6.79. The Morgan fingerprint density at radius 3 is 2.20 bits per heavy atom. The maximum Gasteiger partial charge on any atom is 0.162 e. The molecule has 1 aromatic rings. The average molecular weight is 592 g/mol. The van der Waals surface area contributed by atoms with E-state index in [2.05, 4.69) is 87.0 Å². The van der Waals surface area contributed by atoms with Gasteiger partial charge in [-0.05, 0) is 64.3 Å². The number of thiophene rings is 1. The van der Waals surface area contributed by atoms with Gasteiger partial charge in [0.1, 0.15) is 0 Å². The van der Waals surface area contributed by atoms with Crippen LogP contribution in [0.15, 0.2) is 31.7 Å². The molecule has 3 heterocycles. The maximum absolute atomic E-state index is 11.6. The van der Waals surface area contributed by atoms with E-state index in [9.17, 15) is 4.79 Å². The Morgan fingerprint density at radius 2 is 1.75 bits per heavy atom. The van der Waals surface area contributed by atoms with Crippen LogP contribution in [-0.2, 0) is 0 Å². The van der Waals surface area contributed by atoms with E-state index in [1.807, 2.05) is 6.20 Å². The van der Waals surface area contributed by atoms with E-state index in [1.54, 1.807) is 0 Å². The van der Waals surface area contributed by atoms with Crippen LogP contribution >= 0.6 is 23.1 Å². The number of anilines is 1. The molecule has 2 aliphatic heterocycles. The number of aldehydes is 1. The van der Waals surface area contributed by atoms with E-state index in [-0.39, 0.29) is 5.41 Å². The van der Waals surface area contributed by atoms with Gasteiger partial charge in [-0.2, -0.15) is 11.8 Å². The average Bonchev–Trinajstić information content (AvgIpc) is 3.73. The van der Waals surface area contributed by atoms with E-state index in [1.165, 1.54) is 61.4 Å². The summed E-state index contributed by atoms with van der Waals surface area (Å²) in [7, 11) is 1.00. The highest BCUT2D eigenvalue weighted by molar-refractivity contribution is 7.99. The second-order valence-corrected chi connectivity index (χ2v) is 13.2. The molecule has 0 spiro atoms. The van der Waals surface area contributed by atoms with E-state index in [4.69, 9.17) is 15.6 Å². The van der Waals surface area contributed by atoms with Gasteiger partial charge >= 0.3 is 0 Å². The molecule has 2 saturated heterocycles. The monoisotopic (exact) mass is 591 g/mol. The van der Waals surface area contributed by atoms with Crippen LogP contribution in [0.4, 0.5) is 5.69 Å². The molecule has 3 fully saturated rings. The molecule has 0 amide bonds. The topological polar surface area (TPSA) is 87.9 Å². The summed E-state index contributed by atoms with van der Waals surface area (Å²) in [5.74, 6) is 10.1. The third-order valence-corrected chi connectivity index (χ3v) is 8.90. The Bertz CT molecular complexity index is 905. The first kappa shape index (κ1) is 38.0. The fraction of sp³-hybridized carbons (Fsp3) is 0.625. The van der Waals surface area contributed by atoms with Crippen LogP contribution in [0.2, 0.25) is 0 Å². The lowest BCUT2D eigenvalue weighted by Gasteiger charge is -2.28. The smallest absolute Gasteiger partial charge is 0.162 e. The largest absolute Gasteiger partial charge is 0.516 e. The maximum atomic E-state index is 11.6. The zero-order valence-corrected chi connectivity index (χ0v) is 27.1. The van der Waals surface area contributed by atoms with Gasteiger partial charge in [-0.25, -0.2) is 0 Å². The van der Waals surface area contributed by atoms with Gasteiger partial charge in [-0.15, -0.1) is 11.3 Å². The van der Waals surface area contributed by atoms with Crippen molar-refractivity contribution in [2.45, 2.75) is 84.7 Å². The molecule has 0 bridgehead atoms. The molecule has 2 unspecified atom stereocenters. The van der Waals surface area contributed by atoms with Crippen molar-refractivity contribution in [1.29, 1.82) is 5.41 Å². The second kappa shape index (κ2) is 21.7. The number of aliphatic hydroxyl groups excluding tert-OH is 2. The van der Waals surface area contributed by atoms with Crippen molar-refractivity contribution in [2.75, 3.05) is 36.6 Å². The molecule has 0 aromatic carbocycles. The summed E-state index contributed by atoms with van der Waals surface area (Å²) in [6, 6.07) is 3.16. The zero-order valence-electron chi connectivity index (χ0n) is 25.5. The first-order valence-corrected chi connectivity index (χ1v) is 16.1. The molecule has 3 N–H and O–H groups in total. The molecule has 8 heteroatoms. The number of hydrogen-bond donors (Lipinski definition) is 3. The van der Waals surface area contributed by atoms with Gasteiger partial charge in [0.25, 0.3) is 0 Å². The summed E-state index contributed by atoms with van der Waals surface area (Å²) in [6.45, 7) is 20.3. The summed E-state index contributed by atoms with van der Waals surface area (Å²) in [6.07, 6.45) is 13.4. The number of hydrogen-bond acceptors (Lipinski definition) is 8. The van der Waals surface area contributed by atoms with E-state index in [0.29, 0.717) is 6.04 Å². The van der Waals surface area contributed by atoms with Crippen molar-refractivity contribution in [1.82, 2.24) is 4.90 Å². The minimum absolute atomic E-state index is 0.0468. The predicted octanol–water partition coefficient (Wildman–Crippen LogP) is 7.64. The van der Waals surface area contributed by atoms with Gasteiger partial charge in [0.15, 0.2) is 6.29 Å². The first-order chi connectivity index (χ1) is 19.2. The van der Waals surface area contributed by atoms with Gasteiger partial charge < -0.3 is 20.5 Å². The Kier molecular flexibility index (Phi) is 20.6. The van der Waals surface area contributed by atoms with Crippen LogP contribution in [0.25, 0.3) is 0 Å². The lowest BCUT2D eigenvalue weighted by atomic mass is 9.91. The van der Waals surface area contributed by atoms with Crippen LogP contribution in [0.5, 0.6) is 0 Å². The summed E-state index contributed by atoms with van der Waals surface area (Å²) in [5.41, 5.74) is 0.917. The van der Waals surface area contributed by atoms with Gasteiger partial charge in [0.2, 0.25) is 0 Å². The van der Waals surface area contributed by atoms with Gasteiger partial charge in [-0.3, -0.25) is 9.69 Å². The fourth-order valence-corrected chi connectivity index (χ4v) is 6.96. The van der Waals surface area contributed by atoms with Gasteiger partial charge in [0, 0.05) is 43.5 Å². The van der Waals surface area contributed by atoms with Gasteiger partial charge in [-0.1, -0.05) is 64.0 Å². The summed E-state index contributed by atoms with van der Waals surface area (Å²) in [5, 5.41) is 19.8. The van der Waals surface area contributed by atoms with Crippen molar-refractivity contribution in [2.24, 2.45) is 11.3 Å². The number of carbonyl (C=O) groups excluding carboxylic acids is 1. The molecular weight excluding hydrogens is 539 g/mol. The van der Waals surface area contributed by atoms with Crippen LogP contribution in [-0.4, -0.2) is 71.9 Å². The molecule has 0 radical (unpaired) electrons. The van der Waals surface area contributed by atoms with Crippen molar-refractivity contribution in [3.05, 3.63) is 41.4 Å². The molecule has 1 aromatic heterocycles. The standard InChI is InChI=1S/C21H28N2OS2.C7H14.C2H4O.CH3N.CH4O/c1-5-23(16-7-10-22(13-16)17-8-11-25-15-17)19-12-18(26-20(19)14-24)6-9-21(2,3)4;1-7-5-3-2-4-6-7;1-2-3;2*1-2/h5,12,14,16-17H,1,7-8,10-11,13,15H2,2-4H3;7H,2-6H2,1H3;2-3H,1H2;2H,1H2;2H,1H3. The lowest BCUT2D eigenvalue weighted by molar-refractivity contribution is 0.112. The van der Waals surface area contributed by atoms with Gasteiger partial charge in [0.05, 0.1) is 21.7 Å². The number of likely N-dealkylation sites (tertiary alicyclic amines) is 1. The number of nitrogens with one attached hydrogen (secondary N) is 1. The molecule has 3 aliphatic rings. The molecule has 6 nitrogen and oxygen atoms in total. The molecule has 2 atom stereocenters. The molecule has 1 saturated carbocycles. The van der Waals surface area contributed by atoms with Crippen molar-refractivity contribution >= 4 is 41.8 Å². The minimum atomic E-state index is -0.0468. The summed E-state index contributed by atoms with van der Waals surface area (Å²) in [4.78, 5) is 18.2. The number of aliphatic hydroxyl groups is 2.